The van der Waals surface area contributed by atoms with E-state index in [4.69, 9.17) is 0 Å². The second kappa shape index (κ2) is 4.53. The van der Waals surface area contributed by atoms with Gasteiger partial charge in [0.1, 0.15) is 5.69 Å². The number of rotatable bonds is 2. The van der Waals surface area contributed by atoms with Gasteiger partial charge in [-0.3, -0.25) is 9.48 Å². The molecule has 0 bridgehead atoms. The molecule has 4 heteroatoms. The molecule has 1 heterocycles. The highest BCUT2D eigenvalue weighted by Crippen LogP contribution is 2.35. The standard InChI is InChI=1S/C15H17N3O/c1-10-9-11-5-3-4-6-12(11)14(10)17-15(19)13-7-8-16-18(13)2/h3-8,10,14H,9H2,1-2H3,(H,17,19)/t10-,14-/m1/s1. The van der Waals surface area contributed by atoms with E-state index >= 15 is 0 Å². The predicted octanol–water partition coefficient (Wildman–Crippen LogP) is 2.08. The van der Waals surface area contributed by atoms with Crippen LogP contribution < -0.4 is 5.32 Å². The quantitative estimate of drug-likeness (QED) is 0.893. The summed E-state index contributed by atoms with van der Waals surface area (Å²) in [6.07, 6.45) is 2.66. The molecule has 19 heavy (non-hydrogen) atoms. The molecule has 0 radical (unpaired) electrons. The lowest BCUT2D eigenvalue weighted by Crippen LogP contribution is -2.31. The van der Waals surface area contributed by atoms with Crippen molar-refractivity contribution in [2.24, 2.45) is 13.0 Å². The van der Waals surface area contributed by atoms with E-state index < -0.39 is 0 Å². The van der Waals surface area contributed by atoms with E-state index in [-0.39, 0.29) is 11.9 Å². The fourth-order valence-corrected chi connectivity index (χ4v) is 2.83. The number of benzene rings is 1. The zero-order valence-electron chi connectivity index (χ0n) is 11.1. The van der Waals surface area contributed by atoms with Crippen LogP contribution in [-0.4, -0.2) is 15.7 Å². The smallest absolute Gasteiger partial charge is 0.270 e. The Morgan fingerprint density at radius 2 is 2.16 bits per heavy atom. The van der Waals surface area contributed by atoms with Crippen LogP contribution in [0.3, 0.4) is 0 Å². The average Bonchev–Trinajstić information content (AvgIpc) is 2.94. The van der Waals surface area contributed by atoms with Crippen molar-refractivity contribution in [3.8, 4) is 0 Å². The number of hydrogen-bond acceptors (Lipinski definition) is 2. The number of fused-ring (bicyclic) bond motifs is 1. The molecule has 2 aromatic rings. The van der Waals surface area contributed by atoms with E-state index in [1.165, 1.54) is 11.1 Å². The van der Waals surface area contributed by atoms with Gasteiger partial charge in [0.2, 0.25) is 0 Å². The van der Waals surface area contributed by atoms with Gasteiger partial charge in [0, 0.05) is 13.2 Å². The zero-order chi connectivity index (χ0) is 13.4. The maximum atomic E-state index is 12.3. The van der Waals surface area contributed by atoms with E-state index in [0.717, 1.165) is 6.42 Å². The van der Waals surface area contributed by atoms with Gasteiger partial charge < -0.3 is 5.32 Å². The summed E-state index contributed by atoms with van der Waals surface area (Å²) in [7, 11) is 1.78. The van der Waals surface area contributed by atoms with Crippen molar-refractivity contribution >= 4 is 5.91 Å². The maximum Gasteiger partial charge on any atom is 0.270 e. The molecule has 98 valence electrons. The van der Waals surface area contributed by atoms with E-state index in [0.29, 0.717) is 11.6 Å². The molecule has 1 aromatic heterocycles. The predicted molar refractivity (Wildman–Crippen MR) is 72.7 cm³/mol. The summed E-state index contributed by atoms with van der Waals surface area (Å²) >= 11 is 0. The van der Waals surface area contributed by atoms with Crippen LogP contribution in [0.5, 0.6) is 0 Å². The molecule has 0 unspecified atom stereocenters. The lowest BCUT2D eigenvalue weighted by atomic mass is 10.0. The van der Waals surface area contributed by atoms with Crippen molar-refractivity contribution in [2.45, 2.75) is 19.4 Å². The Kier molecular flexibility index (Phi) is 2.85. The first-order valence-corrected chi connectivity index (χ1v) is 6.53. The van der Waals surface area contributed by atoms with Gasteiger partial charge in [-0.25, -0.2) is 0 Å². The molecule has 0 saturated carbocycles. The van der Waals surface area contributed by atoms with Crippen molar-refractivity contribution in [2.75, 3.05) is 0 Å². The molecule has 3 rings (SSSR count). The molecule has 0 spiro atoms. The number of amides is 1. The summed E-state index contributed by atoms with van der Waals surface area (Å²) in [5.41, 5.74) is 3.17. The maximum absolute atomic E-state index is 12.3. The van der Waals surface area contributed by atoms with E-state index in [2.05, 4.69) is 35.5 Å². The monoisotopic (exact) mass is 255 g/mol. The SMILES string of the molecule is C[C@@H]1Cc2ccccc2[C@@H]1NC(=O)c1ccnn1C. The molecule has 0 aliphatic heterocycles. The Labute approximate surface area is 112 Å². The number of carbonyl (C=O) groups excluding carboxylic acids is 1. The lowest BCUT2D eigenvalue weighted by molar-refractivity contribution is 0.0917. The Hall–Kier alpha value is -2.10. The van der Waals surface area contributed by atoms with Crippen molar-refractivity contribution < 1.29 is 4.79 Å². The Morgan fingerprint density at radius 3 is 2.89 bits per heavy atom. The van der Waals surface area contributed by atoms with Crippen LogP contribution in [-0.2, 0) is 13.5 Å². The number of hydrogen-bond donors (Lipinski definition) is 1. The largest absolute Gasteiger partial charge is 0.344 e. The first kappa shape index (κ1) is 12.0. The van der Waals surface area contributed by atoms with Crippen LogP contribution in [0.25, 0.3) is 0 Å². The number of aryl methyl sites for hydroxylation is 1. The van der Waals surface area contributed by atoms with E-state index in [9.17, 15) is 4.79 Å². The number of nitrogens with one attached hydrogen (secondary N) is 1. The molecule has 0 saturated heterocycles. The topological polar surface area (TPSA) is 46.9 Å². The van der Waals surface area contributed by atoms with E-state index in [1.807, 2.05) is 6.07 Å². The van der Waals surface area contributed by atoms with Gasteiger partial charge in [0.25, 0.3) is 5.91 Å². The molecule has 1 amide bonds. The highest BCUT2D eigenvalue weighted by atomic mass is 16.2. The second-order valence-corrected chi connectivity index (χ2v) is 5.17. The Bertz CT molecular complexity index is 617. The van der Waals surface area contributed by atoms with E-state index in [1.54, 1.807) is 24.0 Å². The third-order valence-electron chi connectivity index (χ3n) is 3.84. The van der Waals surface area contributed by atoms with Crippen molar-refractivity contribution in [3.05, 3.63) is 53.3 Å². The summed E-state index contributed by atoms with van der Waals surface area (Å²) in [5, 5.41) is 7.16. The molecule has 1 N–H and O–H groups in total. The fourth-order valence-electron chi connectivity index (χ4n) is 2.83. The molecule has 1 aromatic carbocycles. The third-order valence-corrected chi connectivity index (χ3v) is 3.84. The van der Waals surface area contributed by atoms with Crippen LogP contribution in [0.4, 0.5) is 0 Å². The Balaban J connectivity index is 1.84. The third kappa shape index (κ3) is 2.03. The first-order chi connectivity index (χ1) is 9.16. The molecule has 2 atom stereocenters. The van der Waals surface area contributed by atoms with Crippen molar-refractivity contribution in [1.29, 1.82) is 0 Å². The van der Waals surface area contributed by atoms with Gasteiger partial charge in [0.15, 0.2) is 0 Å². The van der Waals surface area contributed by atoms with Crippen LogP contribution in [0.15, 0.2) is 36.5 Å². The van der Waals surface area contributed by atoms with Crippen molar-refractivity contribution in [3.63, 3.8) is 0 Å². The van der Waals surface area contributed by atoms with Gasteiger partial charge in [-0.2, -0.15) is 5.10 Å². The Morgan fingerprint density at radius 1 is 1.37 bits per heavy atom. The van der Waals surface area contributed by atoms with Crippen LogP contribution in [0.2, 0.25) is 0 Å². The summed E-state index contributed by atoms with van der Waals surface area (Å²) < 4.78 is 1.60. The highest BCUT2D eigenvalue weighted by molar-refractivity contribution is 5.92. The highest BCUT2D eigenvalue weighted by Gasteiger charge is 2.30. The van der Waals surface area contributed by atoms with Crippen LogP contribution in [0.1, 0.15) is 34.6 Å². The fraction of sp³-hybridized carbons (Fsp3) is 0.333. The minimum absolute atomic E-state index is 0.0615. The van der Waals surface area contributed by atoms with Gasteiger partial charge in [0.05, 0.1) is 6.04 Å². The van der Waals surface area contributed by atoms with Gasteiger partial charge in [-0.1, -0.05) is 31.2 Å². The zero-order valence-corrected chi connectivity index (χ0v) is 11.1. The molecular weight excluding hydrogens is 238 g/mol. The summed E-state index contributed by atoms with van der Waals surface area (Å²) in [6, 6.07) is 10.2. The molecule has 1 aliphatic carbocycles. The van der Waals surface area contributed by atoms with Crippen LogP contribution in [0, 0.1) is 5.92 Å². The van der Waals surface area contributed by atoms with Gasteiger partial charge >= 0.3 is 0 Å². The lowest BCUT2D eigenvalue weighted by Gasteiger charge is -2.18. The number of aromatic nitrogens is 2. The summed E-state index contributed by atoms with van der Waals surface area (Å²) in [4.78, 5) is 12.3. The van der Waals surface area contributed by atoms with Crippen molar-refractivity contribution in [1.82, 2.24) is 15.1 Å². The number of carbonyl (C=O) groups is 1. The summed E-state index contributed by atoms with van der Waals surface area (Å²) in [6.45, 7) is 2.17. The normalized spacial score (nSPS) is 21.2. The number of nitrogens with zero attached hydrogens (tertiary/aromatic N) is 2. The van der Waals surface area contributed by atoms with Gasteiger partial charge in [-0.05, 0) is 29.5 Å². The first-order valence-electron chi connectivity index (χ1n) is 6.53. The van der Waals surface area contributed by atoms with Crippen LogP contribution >= 0.6 is 0 Å². The minimum Gasteiger partial charge on any atom is -0.344 e. The van der Waals surface area contributed by atoms with Gasteiger partial charge in [-0.15, -0.1) is 0 Å². The molecule has 4 nitrogen and oxygen atoms in total. The minimum atomic E-state index is -0.0615. The average molecular weight is 255 g/mol. The molecular formula is C15H17N3O. The molecule has 0 fully saturated rings. The summed E-state index contributed by atoms with van der Waals surface area (Å²) in [5.74, 6) is 0.364. The second-order valence-electron chi connectivity index (χ2n) is 5.17. The molecule has 1 aliphatic rings.